The monoisotopic (exact) mass is 292 g/mol. The molecule has 5 atom stereocenters. The normalized spacial score (nSPS) is 35.5. The van der Waals surface area contributed by atoms with E-state index in [4.69, 9.17) is 9.84 Å². The minimum atomic E-state index is -2.13. The first-order chi connectivity index (χ1) is 9.30. The summed E-state index contributed by atoms with van der Waals surface area (Å²) in [6.07, 6.45) is -4.00. The molecule has 1 fully saturated rings. The Bertz CT molecular complexity index is 346. The minimum Gasteiger partial charge on any atom is -0.481 e. The van der Waals surface area contributed by atoms with Crippen molar-refractivity contribution in [2.24, 2.45) is 5.92 Å². The Morgan fingerprint density at radius 3 is 2.60 bits per heavy atom. The maximum absolute atomic E-state index is 10.9. The van der Waals surface area contributed by atoms with Crippen LogP contribution in [0.3, 0.4) is 0 Å². The van der Waals surface area contributed by atoms with Gasteiger partial charge >= 0.3 is 5.97 Å². The maximum atomic E-state index is 10.9. The highest BCUT2D eigenvalue weighted by Crippen LogP contribution is 2.31. The van der Waals surface area contributed by atoms with E-state index in [1.165, 1.54) is 0 Å². The molecule has 116 valence electrons. The van der Waals surface area contributed by atoms with Crippen LogP contribution in [0, 0.1) is 5.92 Å². The average Bonchev–Trinajstić information content (AvgIpc) is 2.40. The molecule has 0 radical (unpaired) electrons. The number of aliphatic hydroxyl groups excluding tert-OH is 3. The van der Waals surface area contributed by atoms with E-state index in [2.05, 4.69) is 0 Å². The molecule has 5 N–H and O–H groups in total. The van der Waals surface area contributed by atoms with E-state index in [-0.39, 0.29) is 32.3 Å². The lowest BCUT2D eigenvalue weighted by Gasteiger charge is -2.42. The van der Waals surface area contributed by atoms with E-state index < -0.39 is 36.0 Å². The van der Waals surface area contributed by atoms with Crippen LogP contribution in [0.15, 0.2) is 0 Å². The van der Waals surface area contributed by atoms with Crippen molar-refractivity contribution >= 4 is 12.3 Å². The molecule has 1 aliphatic heterocycles. The van der Waals surface area contributed by atoms with E-state index in [9.17, 15) is 30.0 Å². The second-order valence-corrected chi connectivity index (χ2v) is 5.04. The first-order valence-electron chi connectivity index (χ1n) is 6.37. The van der Waals surface area contributed by atoms with E-state index >= 15 is 0 Å². The average molecular weight is 292 g/mol. The van der Waals surface area contributed by atoms with Crippen LogP contribution in [0.1, 0.15) is 25.7 Å². The predicted molar refractivity (Wildman–Crippen MR) is 64.6 cm³/mol. The Kier molecular flexibility index (Phi) is 6.03. The van der Waals surface area contributed by atoms with Gasteiger partial charge in [-0.05, 0) is 12.8 Å². The van der Waals surface area contributed by atoms with Crippen LogP contribution in [0.5, 0.6) is 0 Å². The SMILES string of the molecule is O=CC(CCCC(=O)O)C[C@]1(O)OC[C@@H](O)[C@H](O)[C@H]1O. The van der Waals surface area contributed by atoms with Gasteiger partial charge in [0.05, 0.1) is 6.61 Å². The molecule has 0 aromatic rings. The fourth-order valence-corrected chi connectivity index (χ4v) is 2.18. The van der Waals surface area contributed by atoms with Gasteiger partial charge in [-0.15, -0.1) is 0 Å². The summed E-state index contributed by atoms with van der Waals surface area (Å²) < 4.78 is 4.94. The Morgan fingerprint density at radius 2 is 2.05 bits per heavy atom. The number of hydrogen-bond donors (Lipinski definition) is 5. The van der Waals surface area contributed by atoms with Crippen LogP contribution in [-0.2, 0) is 14.3 Å². The molecule has 8 nitrogen and oxygen atoms in total. The topological polar surface area (TPSA) is 145 Å². The zero-order valence-corrected chi connectivity index (χ0v) is 10.9. The molecule has 1 aliphatic rings. The van der Waals surface area contributed by atoms with Crippen molar-refractivity contribution in [1.29, 1.82) is 0 Å². The molecule has 1 unspecified atom stereocenters. The Balaban J connectivity index is 2.58. The van der Waals surface area contributed by atoms with Crippen LogP contribution >= 0.6 is 0 Å². The first-order valence-corrected chi connectivity index (χ1v) is 6.37. The summed E-state index contributed by atoms with van der Waals surface area (Å²) in [5.41, 5.74) is 0. The number of carbonyl (C=O) groups is 2. The second-order valence-electron chi connectivity index (χ2n) is 5.04. The fraction of sp³-hybridized carbons (Fsp3) is 0.833. The van der Waals surface area contributed by atoms with Gasteiger partial charge in [0.25, 0.3) is 0 Å². The summed E-state index contributed by atoms with van der Waals surface area (Å²) in [6.45, 7) is -0.366. The van der Waals surface area contributed by atoms with E-state index in [1.807, 2.05) is 0 Å². The van der Waals surface area contributed by atoms with E-state index in [0.717, 1.165) is 0 Å². The summed E-state index contributed by atoms with van der Waals surface area (Å²) in [7, 11) is 0. The molecule has 0 spiro atoms. The Morgan fingerprint density at radius 1 is 1.40 bits per heavy atom. The van der Waals surface area contributed by atoms with Gasteiger partial charge < -0.3 is 35.1 Å². The lowest BCUT2D eigenvalue weighted by atomic mass is 9.87. The van der Waals surface area contributed by atoms with Crippen LogP contribution in [0.25, 0.3) is 0 Å². The van der Waals surface area contributed by atoms with Crippen LogP contribution in [0.4, 0.5) is 0 Å². The van der Waals surface area contributed by atoms with Gasteiger partial charge in [-0.2, -0.15) is 0 Å². The molecule has 20 heavy (non-hydrogen) atoms. The standard InChI is InChI=1S/C12H20O8/c13-5-7(2-1-3-9(15)16)4-12(19)11(18)10(17)8(14)6-20-12/h5,7-8,10-11,14,17-19H,1-4,6H2,(H,15,16)/t7?,8-,10+,11-,12+/m1/s1. The molecule has 1 heterocycles. The smallest absolute Gasteiger partial charge is 0.303 e. The van der Waals surface area contributed by atoms with Crippen molar-refractivity contribution in [2.75, 3.05) is 6.61 Å². The predicted octanol–water partition coefficient (Wildman–Crippen LogP) is -1.75. The number of aldehydes is 1. The van der Waals surface area contributed by atoms with Crippen molar-refractivity contribution in [3.8, 4) is 0 Å². The van der Waals surface area contributed by atoms with Gasteiger partial charge in [0.15, 0.2) is 5.79 Å². The Labute approximate surface area is 115 Å². The van der Waals surface area contributed by atoms with Gasteiger partial charge in [-0.1, -0.05) is 0 Å². The van der Waals surface area contributed by atoms with Crippen molar-refractivity contribution in [1.82, 2.24) is 0 Å². The summed E-state index contributed by atoms with van der Waals surface area (Å²) in [6, 6.07) is 0. The highest BCUT2D eigenvalue weighted by Gasteiger charge is 2.49. The number of aliphatic carboxylic acids is 1. The molecule has 1 rings (SSSR count). The van der Waals surface area contributed by atoms with Crippen LogP contribution < -0.4 is 0 Å². The molecule has 1 saturated heterocycles. The molecule has 0 bridgehead atoms. The van der Waals surface area contributed by atoms with Gasteiger partial charge in [0.2, 0.25) is 0 Å². The minimum absolute atomic E-state index is 0.104. The highest BCUT2D eigenvalue weighted by atomic mass is 16.6. The molecule has 0 aliphatic carbocycles. The number of hydrogen-bond acceptors (Lipinski definition) is 7. The van der Waals surface area contributed by atoms with Crippen LogP contribution in [-0.4, -0.2) is 68.5 Å². The first kappa shape index (κ1) is 17.0. The molecule has 0 aromatic carbocycles. The zero-order valence-electron chi connectivity index (χ0n) is 10.9. The Hall–Kier alpha value is -1.06. The largest absolute Gasteiger partial charge is 0.481 e. The van der Waals surface area contributed by atoms with Gasteiger partial charge in [0, 0.05) is 18.8 Å². The quantitative estimate of drug-likeness (QED) is 0.347. The second kappa shape index (κ2) is 7.09. The summed E-state index contributed by atoms with van der Waals surface area (Å²) >= 11 is 0. The van der Waals surface area contributed by atoms with Crippen molar-refractivity contribution in [3.63, 3.8) is 0 Å². The molecular formula is C12H20O8. The maximum Gasteiger partial charge on any atom is 0.303 e. The van der Waals surface area contributed by atoms with Crippen molar-refractivity contribution in [3.05, 3.63) is 0 Å². The number of aliphatic hydroxyl groups is 4. The van der Waals surface area contributed by atoms with Crippen molar-refractivity contribution in [2.45, 2.75) is 49.8 Å². The van der Waals surface area contributed by atoms with Crippen LogP contribution in [0.2, 0.25) is 0 Å². The summed E-state index contributed by atoms with van der Waals surface area (Å²) in [4.78, 5) is 21.3. The summed E-state index contributed by atoms with van der Waals surface area (Å²) in [5.74, 6) is -3.83. The van der Waals surface area contributed by atoms with E-state index in [1.54, 1.807) is 0 Å². The summed E-state index contributed by atoms with van der Waals surface area (Å²) in [5, 5.41) is 47.2. The number of rotatable bonds is 7. The number of carboxylic acid groups (broad SMARTS) is 1. The third-order valence-electron chi connectivity index (χ3n) is 3.40. The fourth-order valence-electron chi connectivity index (χ4n) is 2.18. The number of carboxylic acids is 1. The van der Waals surface area contributed by atoms with E-state index in [0.29, 0.717) is 6.29 Å². The van der Waals surface area contributed by atoms with Gasteiger partial charge in [-0.25, -0.2) is 0 Å². The van der Waals surface area contributed by atoms with Gasteiger partial charge in [0.1, 0.15) is 24.6 Å². The molecule has 8 heteroatoms. The lowest BCUT2D eigenvalue weighted by Crippen LogP contribution is -2.61. The third kappa shape index (κ3) is 4.22. The zero-order chi connectivity index (χ0) is 15.3. The van der Waals surface area contributed by atoms with Gasteiger partial charge in [-0.3, -0.25) is 4.79 Å². The molecule has 0 saturated carbocycles. The molecule has 0 amide bonds. The number of carbonyl (C=O) groups excluding carboxylic acids is 1. The van der Waals surface area contributed by atoms with Crippen molar-refractivity contribution < 1.29 is 39.9 Å². The third-order valence-corrected chi connectivity index (χ3v) is 3.40. The molecule has 0 aromatic heterocycles. The lowest BCUT2D eigenvalue weighted by molar-refractivity contribution is -0.326. The highest BCUT2D eigenvalue weighted by molar-refractivity contribution is 5.66. The molecular weight excluding hydrogens is 272 g/mol. The number of ether oxygens (including phenoxy) is 1.